The van der Waals surface area contributed by atoms with Crippen LogP contribution in [0.25, 0.3) is 10.2 Å². The Morgan fingerprint density at radius 2 is 2.09 bits per heavy atom. The van der Waals surface area contributed by atoms with Crippen LogP contribution in [0.5, 0.6) is 0 Å². The minimum atomic E-state index is -0.265. The molecule has 0 saturated carbocycles. The van der Waals surface area contributed by atoms with Gasteiger partial charge in [0.15, 0.2) is 0 Å². The lowest BCUT2D eigenvalue weighted by atomic mass is 10.2. The molecule has 1 N–H and O–H groups in total. The molecule has 0 spiro atoms. The summed E-state index contributed by atoms with van der Waals surface area (Å²) in [7, 11) is 0. The standard InChI is InChI=1S/C17H16FN3S/c1-2-14-20-16(19-12-8-4-3-7-11(12)18)15-10-6-5-9-13(10)22-17(15)21-14/h3-4,7-8H,2,5-6,9H2,1H3,(H,19,20,21). The number of thiophene rings is 1. The Kier molecular flexibility index (Phi) is 3.30. The van der Waals surface area contributed by atoms with Crippen LogP contribution in [0.3, 0.4) is 0 Å². The number of benzene rings is 1. The molecule has 5 heteroatoms. The summed E-state index contributed by atoms with van der Waals surface area (Å²) in [5.41, 5.74) is 1.81. The molecule has 22 heavy (non-hydrogen) atoms. The lowest BCUT2D eigenvalue weighted by Crippen LogP contribution is -2.02. The summed E-state index contributed by atoms with van der Waals surface area (Å²) in [5.74, 6) is 1.27. The highest BCUT2D eigenvalue weighted by Gasteiger charge is 2.22. The highest BCUT2D eigenvalue weighted by molar-refractivity contribution is 7.19. The highest BCUT2D eigenvalue weighted by Crippen LogP contribution is 2.40. The number of aryl methyl sites for hydroxylation is 3. The molecule has 1 aliphatic carbocycles. The largest absolute Gasteiger partial charge is 0.337 e. The third kappa shape index (κ3) is 2.16. The quantitative estimate of drug-likeness (QED) is 0.766. The van der Waals surface area contributed by atoms with E-state index in [0.29, 0.717) is 5.69 Å². The number of para-hydroxylation sites is 1. The smallest absolute Gasteiger partial charge is 0.146 e. The van der Waals surface area contributed by atoms with E-state index in [1.807, 2.05) is 13.0 Å². The maximum atomic E-state index is 14.0. The van der Waals surface area contributed by atoms with Crippen LogP contribution >= 0.6 is 11.3 Å². The number of fused-ring (bicyclic) bond motifs is 3. The zero-order chi connectivity index (χ0) is 15.1. The topological polar surface area (TPSA) is 37.8 Å². The molecule has 0 unspecified atom stereocenters. The van der Waals surface area contributed by atoms with Crippen molar-refractivity contribution in [2.24, 2.45) is 0 Å². The Labute approximate surface area is 132 Å². The molecule has 4 rings (SSSR count). The number of anilines is 2. The Morgan fingerprint density at radius 1 is 1.23 bits per heavy atom. The molecule has 112 valence electrons. The zero-order valence-corrected chi connectivity index (χ0v) is 13.1. The van der Waals surface area contributed by atoms with Gasteiger partial charge in [-0.1, -0.05) is 19.1 Å². The molecule has 2 aromatic heterocycles. The first-order valence-corrected chi connectivity index (χ1v) is 8.40. The van der Waals surface area contributed by atoms with Crippen LogP contribution in [0.4, 0.5) is 15.9 Å². The fourth-order valence-corrected chi connectivity index (χ4v) is 4.26. The molecule has 0 radical (unpaired) electrons. The first kappa shape index (κ1) is 13.6. The molecule has 3 aromatic rings. The van der Waals surface area contributed by atoms with Crippen LogP contribution in [-0.4, -0.2) is 9.97 Å². The van der Waals surface area contributed by atoms with Crippen molar-refractivity contribution in [3.63, 3.8) is 0 Å². The van der Waals surface area contributed by atoms with E-state index in [4.69, 9.17) is 0 Å². The van der Waals surface area contributed by atoms with Gasteiger partial charge in [-0.2, -0.15) is 0 Å². The molecule has 0 bridgehead atoms. The monoisotopic (exact) mass is 313 g/mol. The van der Waals surface area contributed by atoms with E-state index < -0.39 is 0 Å². The second kappa shape index (κ2) is 5.32. The van der Waals surface area contributed by atoms with Gasteiger partial charge in [0.05, 0.1) is 11.1 Å². The highest BCUT2D eigenvalue weighted by atomic mass is 32.1. The van der Waals surface area contributed by atoms with E-state index >= 15 is 0 Å². The number of hydrogen-bond acceptors (Lipinski definition) is 4. The first-order valence-electron chi connectivity index (χ1n) is 7.59. The minimum Gasteiger partial charge on any atom is -0.337 e. The van der Waals surface area contributed by atoms with Crippen molar-refractivity contribution in [2.75, 3.05) is 5.32 Å². The van der Waals surface area contributed by atoms with E-state index in [1.165, 1.54) is 22.9 Å². The van der Waals surface area contributed by atoms with Crippen LogP contribution in [0, 0.1) is 5.82 Å². The van der Waals surface area contributed by atoms with Gasteiger partial charge < -0.3 is 5.32 Å². The van der Waals surface area contributed by atoms with Crippen molar-refractivity contribution >= 4 is 33.1 Å². The van der Waals surface area contributed by atoms with Gasteiger partial charge in [-0.05, 0) is 37.0 Å². The number of halogens is 1. The molecule has 3 nitrogen and oxygen atoms in total. The summed E-state index contributed by atoms with van der Waals surface area (Å²) in [6, 6.07) is 6.71. The van der Waals surface area contributed by atoms with Crippen molar-refractivity contribution in [3.8, 4) is 0 Å². The number of hydrogen-bond donors (Lipinski definition) is 1. The van der Waals surface area contributed by atoms with E-state index in [9.17, 15) is 4.39 Å². The summed E-state index contributed by atoms with van der Waals surface area (Å²) in [6.45, 7) is 2.04. The van der Waals surface area contributed by atoms with Gasteiger partial charge in [0.1, 0.15) is 22.3 Å². The minimum absolute atomic E-state index is 0.265. The summed E-state index contributed by atoms with van der Waals surface area (Å²) in [5, 5.41) is 4.27. The number of rotatable bonds is 3. The molecule has 0 atom stereocenters. The number of nitrogens with zero attached hydrogens (tertiary/aromatic N) is 2. The summed E-state index contributed by atoms with van der Waals surface area (Å²) >= 11 is 1.76. The normalized spacial score (nSPS) is 13.5. The van der Waals surface area contributed by atoms with Gasteiger partial charge in [-0.3, -0.25) is 0 Å². The van der Waals surface area contributed by atoms with E-state index in [-0.39, 0.29) is 5.82 Å². The number of aromatic nitrogens is 2. The van der Waals surface area contributed by atoms with Gasteiger partial charge in [0, 0.05) is 11.3 Å². The van der Waals surface area contributed by atoms with Gasteiger partial charge in [0.25, 0.3) is 0 Å². The molecule has 0 aliphatic heterocycles. The molecule has 2 heterocycles. The average molecular weight is 313 g/mol. The van der Waals surface area contributed by atoms with Crippen LogP contribution < -0.4 is 5.32 Å². The van der Waals surface area contributed by atoms with E-state index in [0.717, 1.165) is 41.1 Å². The molecular weight excluding hydrogens is 297 g/mol. The summed E-state index contributed by atoms with van der Waals surface area (Å²) in [4.78, 5) is 11.7. The van der Waals surface area contributed by atoms with Gasteiger partial charge in [-0.15, -0.1) is 11.3 Å². The third-order valence-electron chi connectivity index (χ3n) is 4.05. The van der Waals surface area contributed by atoms with Crippen LogP contribution in [-0.2, 0) is 19.3 Å². The predicted octanol–water partition coefficient (Wildman–Crippen LogP) is 4.63. The van der Waals surface area contributed by atoms with Crippen LogP contribution in [0.15, 0.2) is 24.3 Å². The van der Waals surface area contributed by atoms with Crippen molar-refractivity contribution in [2.45, 2.75) is 32.6 Å². The zero-order valence-electron chi connectivity index (χ0n) is 12.3. The maximum Gasteiger partial charge on any atom is 0.146 e. The first-order chi connectivity index (χ1) is 10.8. The summed E-state index contributed by atoms with van der Waals surface area (Å²) in [6.07, 6.45) is 4.14. The van der Waals surface area contributed by atoms with Crippen LogP contribution in [0.1, 0.15) is 29.6 Å². The lowest BCUT2D eigenvalue weighted by Gasteiger charge is -2.10. The lowest BCUT2D eigenvalue weighted by molar-refractivity contribution is 0.632. The molecule has 0 amide bonds. The van der Waals surface area contributed by atoms with Crippen molar-refractivity contribution in [1.82, 2.24) is 9.97 Å². The van der Waals surface area contributed by atoms with E-state index in [2.05, 4.69) is 15.3 Å². The Balaban J connectivity index is 1.90. The maximum absolute atomic E-state index is 14.0. The van der Waals surface area contributed by atoms with Crippen molar-refractivity contribution in [1.29, 1.82) is 0 Å². The van der Waals surface area contributed by atoms with Crippen molar-refractivity contribution in [3.05, 3.63) is 46.3 Å². The molecular formula is C17H16FN3S. The SMILES string of the molecule is CCc1nc(Nc2ccccc2F)c2c3c(sc2n1)CCC3. The second-order valence-corrected chi connectivity index (χ2v) is 6.57. The fraction of sp³-hybridized carbons (Fsp3) is 0.294. The fourth-order valence-electron chi connectivity index (χ4n) is 2.98. The molecule has 0 saturated heterocycles. The second-order valence-electron chi connectivity index (χ2n) is 5.48. The van der Waals surface area contributed by atoms with Gasteiger partial charge in [0.2, 0.25) is 0 Å². The average Bonchev–Trinajstić information content (AvgIpc) is 3.09. The third-order valence-corrected chi connectivity index (χ3v) is 5.24. The molecule has 1 aromatic carbocycles. The van der Waals surface area contributed by atoms with Gasteiger partial charge >= 0.3 is 0 Å². The van der Waals surface area contributed by atoms with Crippen molar-refractivity contribution < 1.29 is 4.39 Å². The summed E-state index contributed by atoms with van der Waals surface area (Å²) < 4.78 is 14.0. The van der Waals surface area contributed by atoms with Gasteiger partial charge in [-0.25, -0.2) is 14.4 Å². The van der Waals surface area contributed by atoms with E-state index in [1.54, 1.807) is 23.5 Å². The Hall–Kier alpha value is -2.01. The van der Waals surface area contributed by atoms with Crippen LogP contribution in [0.2, 0.25) is 0 Å². The Morgan fingerprint density at radius 3 is 2.91 bits per heavy atom. The predicted molar refractivity (Wildman–Crippen MR) is 88.5 cm³/mol. The molecule has 1 aliphatic rings. The number of nitrogens with one attached hydrogen (secondary N) is 1. The Bertz CT molecular complexity index is 856. The molecule has 0 fully saturated rings.